The molecule has 0 heterocycles. The van der Waals surface area contributed by atoms with Crippen LogP contribution in [0.2, 0.25) is 0 Å². The van der Waals surface area contributed by atoms with Gasteiger partial charge in [0.15, 0.2) is 0 Å². The van der Waals surface area contributed by atoms with Gasteiger partial charge < -0.3 is 5.73 Å². The highest BCUT2D eigenvalue weighted by Gasteiger charge is 2.04. The van der Waals surface area contributed by atoms with Crippen LogP contribution in [0.5, 0.6) is 0 Å². The van der Waals surface area contributed by atoms with Gasteiger partial charge in [-0.2, -0.15) is 0 Å². The number of hydrogen-bond donors (Lipinski definition) is 1. The maximum atomic E-state index is 5.93. The van der Waals surface area contributed by atoms with Crippen molar-refractivity contribution in [2.75, 3.05) is 18.2 Å². The van der Waals surface area contributed by atoms with Gasteiger partial charge in [-0.1, -0.05) is 0 Å². The molecule has 0 amide bonds. The van der Waals surface area contributed by atoms with Crippen molar-refractivity contribution in [3.05, 3.63) is 17.7 Å². The molecule has 0 saturated heterocycles. The van der Waals surface area contributed by atoms with E-state index in [4.69, 9.17) is 5.73 Å². The molecule has 0 radical (unpaired) electrons. The van der Waals surface area contributed by atoms with E-state index in [9.17, 15) is 0 Å². The average molecular weight is 199 g/mol. The molecule has 1 aromatic rings. The highest BCUT2D eigenvalue weighted by molar-refractivity contribution is 7.99. The van der Waals surface area contributed by atoms with E-state index >= 15 is 0 Å². The van der Waals surface area contributed by atoms with Gasteiger partial charge in [0.05, 0.1) is 5.69 Å². The van der Waals surface area contributed by atoms with Crippen molar-refractivity contribution in [3.8, 4) is 0 Å². The fraction of sp³-hybridized carbons (Fsp3) is 0.333. The van der Waals surface area contributed by atoms with Crippen LogP contribution in [0.1, 0.15) is 5.56 Å². The Morgan fingerprint density at radius 3 is 1.83 bits per heavy atom. The molecule has 2 N–H and O–H groups in total. The second kappa shape index (κ2) is 4.10. The molecule has 0 spiro atoms. The van der Waals surface area contributed by atoms with Crippen LogP contribution >= 0.6 is 23.5 Å². The summed E-state index contributed by atoms with van der Waals surface area (Å²) in [7, 11) is 0. The van der Waals surface area contributed by atoms with Crippen LogP contribution in [0, 0.1) is 6.92 Å². The molecule has 12 heavy (non-hydrogen) atoms. The van der Waals surface area contributed by atoms with Crippen molar-refractivity contribution in [2.45, 2.75) is 16.7 Å². The number of thioether (sulfide) groups is 2. The Morgan fingerprint density at radius 1 is 1.08 bits per heavy atom. The van der Waals surface area contributed by atoms with E-state index < -0.39 is 0 Å². The molecule has 1 rings (SSSR count). The van der Waals surface area contributed by atoms with Crippen molar-refractivity contribution >= 4 is 29.2 Å². The smallest absolute Gasteiger partial charge is 0.0590 e. The molecule has 0 aliphatic heterocycles. The summed E-state index contributed by atoms with van der Waals surface area (Å²) in [4.78, 5) is 2.36. The zero-order chi connectivity index (χ0) is 9.14. The van der Waals surface area contributed by atoms with Gasteiger partial charge in [-0.05, 0) is 37.1 Å². The third kappa shape index (κ3) is 1.90. The first kappa shape index (κ1) is 9.81. The highest BCUT2D eigenvalue weighted by atomic mass is 32.2. The van der Waals surface area contributed by atoms with Crippen LogP contribution in [0.25, 0.3) is 0 Å². The number of hydrogen-bond acceptors (Lipinski definition) is 3. The Balaban J connectivity index is 3.22. The first-order valence-corrected chi connectivity index (χ1v) is 6.12. The molecule has 0 aromatic heterocycles. The van der Waals surface area contributed by atoms with Crippen LogP contribution in [-0.2, 0) is 0 Å². The largest absolute Gasteiger partial charge is 0.397 e. The molecule has 0 unspecified atom stereocenters. The summed E-state index contributed by atoms with van der Waals surface area (Å²) < 4.78 is 0. The minimum atomic E-state index is 0.917. The Labute approximate surface area is 82.1 Å². The summed E-state index contributed by atoms with van der Waals surface area (Å²) in [6, 6.07) is 4.25. The maximum absolute atomic E-state index is 5.93. The highest BCUT2D eigenvalue weighted by Crippen LogP contribution is 2.32. The Bertz CT molecular complexity index is 259. The van der Waals surface area contributed by atoms with Gasteiger partial charge in [0.2, 0.25) is 0 Å². The second-order valence-corrected chi connectivity index (χ2v) is 4.28. The summed E-state index contributed by atoms with van der Waals surface area (Å²) in [5.74, 6) is 0. The number of aryl methyl sites for hydroxylation is 1. The lowest BCUT2D eigenvalue weighted by atomic mass is 10.2. The Kier molecular flexibility index (Phi) is 3.35. The summed E-state index contributed by atoms with van der Waals surface area (Å²) >= 11 is 3.40. The first-order valence-electron chi connectivity index (χ1n) is 3.67. The SMILES string of the molecule is CSc1cc(C)cc(SC)c1N. The number of nitrogens with two attached hydrogens (primary N) is 1. The van der Waals surface area contributed by atoms with E-state index in [0.717, 1.165) is 5.69 Å². The van der Waals surface area contributed by atoms with E-state index in [1.165, 1.54) is 15.4 Å². The molecule has 0 bridgehead atoms. The predicted molar refractivity (Wildman–Crippen MR) is 59.2 cm³/mol. The Morgan fingerprint density at radius 2 is 1.50 bits per heavy atom. The summed E-state index contributed by atoms with van der Waals surface area (Å²) in [6.45, 7) is 2.10. The average Bonchev–Trinajstić information content (AvgIpc) is 2.08. The summed E-state index contributed by atoms with van der Waals surface area (Å²) in [5, 5.41) is 0. The topological polar surface area (TPSA) is 26.0 Å². The summed E-state index contributed by atoms with van der Waals surface area (Å²) in [6.07, 6.45) is 4.10. The lowest BCUT2D eigenvalue weighted by molar-refractivity contribution is 1.28. The minimum absolute atomic E-state index is 0.917. The molecule has 0 aliphatic carbocycles. The van der Waals surface area contributed by atoms with Crippen LogP contribution in [0.3, 0.4) is 0 Å². The quantitative estimate of drug-likeness (QED) is 0.585. The van der Waals surface area contributed by atoms with E-state index in [1.807, 2.05) is 0 Å². The molecular formula is C9H13NS2. The van der Waals surface area contributed by atoms with Gasteiger partial charge in [-0.3, -0.25) is 0 Å². The Hall–Kier alpha value is -0.280. The molecule has 0 saturated carbocycles. The number of nitrogen functional groups attached to an aromatic ring is 1. The van der Waals surface area contributed by atoms with E-state index in [0.29, 0.717) is 0 Å². The van der Waals surface area contributed by atoms with Gasteiger partial charge in [-0.15, -0.1) is 23.5 Å². The van der Waals surface area contributed by atoms with Gasteiger partial charge in [0.25, 0.3) is 0 Å². The monoisotopic (exact) mass is 199 g/mol. The third-order valence-electron chi connectivity index (χ3n) is 1.69. The van der Waals surface area contributed by atoms with Crippen molar-refractivity contribution in [2.24, 2.45) is 0 Å². The van der Waals surface area contributed by atoms with Gasteiger partial charge in [0.1, 0.15) is 0 Å². The van der Waals surface area contributed by atoms with E-state index in [2.05, 4.69) is 31.6 Å². The fourth-order valence-corrected chi connectivity index (χ4v) is 2.40. The lowest BCUT2D eigenvalue weighted by Gasteiger charge is -2.08. The zero-order valence-electron chi connectivity index (χ0n) is 7.55. The molecule has 1 aromatic carbocycles. The van der Waals surface area contributed by atoms with Gasteiger partial charge in [-0.25, -0.2) is 0 Å². The molecule has 3 heteroatoms. The van der Waals surface area contributed by atoms with E-state index in [-0.39, 0.29) is 0 Å². The first-order chi connectivity index (χ1) is 5.69. The van der Waals surface area contributed by atoms with Crippen molar-refractivity contribution in [1.29, 1.82) is 0 Å². The normalized spacial score (nSPS) is 10.2. The van der Waals surface area contributed by atoms with Crippen molar-refractivity contribution in [3.63, 3.8) is 0 Å². The molecule has 1 nitrogen and oxygen atoms in total. The minimum Gasteiger partial charge on any atom is -0.397 e. The molecular weight excluding hydrogens is 186 g/mol. The number of anilines is 1. The molecule has 66 valence electrons. The maximum Gasteiger partial charge on any atom is 0.0590 e. The predicted octanol–water partition coefficient (Wildman–Crippen LogP) is 3.02. The van der Waals surface area contributed by atoms with Gasteiger partial charge >= 0.3 is 0 Å². The van der Waals surface area contributed by atoms with Crippen LogP contribution in [-0.4, -0.2) is 12.5 Å². The summed E-state index contributed by atoms with van der Waals surface area (Å²) in [5.41, 5.74) is 8.12. The van der Waals surface area contributed by atoms with E-state index in [1.54, 1.807) is 23.5 Å². The standard InChI is InChI=1S/C9H13NS2/c1-6-4-7(11-2)9(10)8(5-6)12-3/h4-5H,10H2,1-3H3. The van der Waals surface area contributed by atoms with Crippen LogP contribution in [0.15, 0.2) is 21.9 Å². The van der Waals surface area contributed by atoms with Crippen LogP contribution in [0.4, 0.5) is 5.69 Å². The molecule has 0 fully saturated rings. The second-order valence-electron chi connectivity index (χ2n) is 2.58. The number of rotatable bonds is 2. The lowest BCUT2D eigenvalue weighted by Crippen LogP contribution is -1.92. The molecule has 0 aliphatic rings. The molecule has 0 atom stereocenters. The third-order valence-corrected chi connectivity index (χ3v) is 3.24. The van der Waals surface area contributed by atoms with Crippen molar-refractivity contribution < 1.29 is 0 Å². The fourth-order valence-electron chi connectivity index (χ4n) is 1.07. The zero-order valence-corrected chi connectivity index (χ0v) is 9.18. The van der Waals surface area contributed by atoms with Gasteiger partial charge in [0, 0.05) is 9.79 Å². The number of benzene rings is 1. The van der Waals surface area contributed by atoms with Crippen molar-refractivity contribution in [1.82, 2.24) is 0 Å². The van der Waals surface area contributed by atoms with Crippen LogP contribution < -0.4 is 5.73 Å².